The van der Waals surface area contributed by atoms with Crippen LogP contribution in [0.5, 0.6) is 0 Å². The van der Waals surface area contributed by atoms with Crippen LogP contribution >= 0.6 is 11.6 Å². The van der Waals surface area contributed by atoms with Gasteiger partial charge in [0.1, 0.15) is 0 Å². The van der Waals surface area contributed by atoms with Gasteiger partial charge in [-0.2, -0.15) is 0 Å². The lowest BCUT2D eigenvalue weighted by atomic mass is 10.2. The molecule has 1 heterocycles. The van der Waals surface area contributed by atoms with E-state index < -0.39 is 26.0 Å². The Hall–Kier alpha value is -4.00. The second-order valence-corrected chi connectivity index (χ2v) is 11.7. The van der Waals surface area contributed by atoms with Crippen LogP contribution in [0.4, 0.5) is 17.3 Å². The average Bonchev–Trinajstić information content (AvgIpc) is 2.89. The minimum absolute atomic E-state index is 0.0350. The van der Waals surface area contributed by atoms with Gasteiger partial charge in [0, 0.05) is 35.7 Å². The Labute approximate surface area is 219 Å². The molecule has 1 aromatic heterocycles. The zero-order valence-electron chi connectivity index (χ0n) is 19.2. The summed E-state index contributed by atoms with van der Waals surface area (Å²) in [5.41, 5.74) is 1.00. The number of aromatic nitrogens is 2. The van der Waals surface area contributed by atoms with E-state index in [-0.39, 0.29) is 21.3 Å². The number of hydrogen-bond donors (Lipinski definition) is 2. The molecule has 13 heteroatoms. The summed E-state index contributed by atoms with van der Waals surface area (Å²) >= 11 is 5.84. The Morgan fingerprint density at radius 3 is 1.97 bits per heavy atom. The highest BCUT2D eigenvalue weighted by Crippen LogP contribution is 2.24. The van der Waals surface area contributed by atoms with Crippen LogP contribution in [0.1, 0.15) is 10.4 Å². The van der Waals surface area contributed by atoms with Crippen LogP contribution in [0, 0.1) is 0 Å². The molecule has 0 aliphatic heterocycles. The minimum atomic E-state index is -3.91. The molecule has 3 aromatic carbocycles. The van der Waals surface area contributed by atoms with Crippen LogP contribution in [-0.4, -0.2) is 39.8 Å². The van der Waals surface area contributed by atoms with Gasteiger partial charge in [0.05, 0.1) is 15.5 Å². The lowest BCUT2D eigenvalue weighted by Crippen LogP contribution is -2.26. The van der Waals surface area contributed by atoms with Crippen LogP contribution in [0.15, 0.2) is 101 Å². The number of halogens is 1. The van der Waals surface area contributed by atoms with Gasteiger partial charge >= 0.3 is 0 Å². The average molecular weight is 558 g/mol. The molecular formula is C24H20ClN5O5S2. The Morgan fingerprint density at radius 2 is 1.38 bits per heavy atom. The number of amides is 1. The molecule has 1 amide bonds. The van der Waals surface area contributed by atoms with E-state index in [0.29, 0.717) is 16.4 Å². The number of nitrogens with one attached hydrogen (secondary N) is 2. The summed E-state index contributed by atoms with van der Waals surface area (Å²) in [6.45, 7) is 0. The first-order chi connectivity index (χ1) is 17.6. The first-order valence-electron chi connectivity index (χ1n) is 10.6. The lowest BCUT2D eigenvalue weighted by molar-refractivity contribution is 0.102. The second kappa shape index (κ2) is 10.5. The van der Waals surface area contributed by atoms with Crippen molar-refractivity contribution in [1.29, 1.82) is 0 Å². The molecule has 0 unspecified atom stereocenters. The Kier molecular flexibility index (Phi) is 7.43. The molecule has 10 nitrogen and oxygen atoms in total. The van der Waals surface area contributed by atoms with E-state index in [4.69, 9.17) is 11.6 Å². The van der Waals surface area contributed by atoms with Crippen molar-refractivity contribution < 1.29 is 21.6 Å². The van der Waals surface area contributed by atoms with Crippen molar-refractivity contribution in [2.24, 2.45) is 0 Å². The summed E-state index contributed by atoms with van der Waals surface area (Å²) in [5.74, 6) is -0.517. The predicted octanol–water partition coefficient (Wildman–Crippen LogP) is 4.01. The summed E-state index contributed by atoms with van der Waals surface area (Å²) in [5, 5.41) is 3.10. The van der Waals surface area contributed by atoms with Gasteiger partial charge in [-0.25, -0.2) is 31.5 Å². The van der Waals surface area contributed by atoms with Crippen molar-refractivity contribution >= 4 is 54.9 Å². The van der Waals surface area contributed by atoms with Crippen molar-refractivity contribution in [1.82, 2.24) is 9.97 Å². The molecule has 0 atom stereocenters. The number of sulfonamides is 2. The van der Waals surface area contributed by atoms with Crippen LogP contribution in [0.3, 0.4) is 0 Å². The van der Waals surface area contributed by atoms with Gasteiger partial charge in [0.15, 0.2) is 0 Å². The van der Waals surface area contributed by atoms with E-state index in [1.54, 1.807) is 6.07 Å². The third-order valence-corrected chi connectivity index (χ3v) is 8.57. The highest BCUT2D eigenvalue weighted by molar-refractivity contribution is 7.93. The quantitative estimate of drug-likeness (QED) is 0.334. The van der Waals surface area contributed by atoms with Gasteiger partial charge < -0.3 is 5.32 Å². The molecule has 2 N–H and O–H groups in total. The largest absolute Gasteiger partial charge is 0.322 e. The van der Waals surface area contributed by atoms with E-state index in [1.165, 1.54) is 92.2 Å². The highest BCUT2D eigenvalue weighted by Gasteiger charge is 2.21. The zero-order chi connectivity index (χ0) is 26.6. The van der Waals surface area contributed by atoms with Crippen LogP contribution < -0.4 is 14.3 Å². The number of carbonyl (C=O) groups excluding carboxylic acids is 1. The van der Waals surface area contributed by atoms with Gasteiger partial charge in [0.25, 0.3) is 26.0 Å². The molecule has 4 aromatic rings. The molecular weight excluding hydrogens is 538 g/mol. The first-order valence-corrected chi connectivity index (χ1v) is 13.9. The molecule has 0 aliphatic carbocycles. The fourth-order valence-corrected chi connectivity index (χ4v) is 5.46. The van der Waals surface area contributed by atoms with Crippen LogP contribution in [0.2, 0.25) is 5.02 Å². The SMILES string of the molecule is CN(c1ccc(C(=O)Nc2ccc(S(=O)(=O)Nc3ncccn3)cc2)cc1)S(=O)(=O)c1ccc(Cl)cc1. The number of hydrogen-bond acceptors (Lipinski definition) is 7. The van der Waals surface area contributed by atoms with E-state index in [0.717, 1.165) is 4.31 Å². The van der Waals surface area contributed by atoms with Gasteiger partial charge in [-0.3, -0.25) is 9.10 Å². The van der Waals surface area contributed by atoms with Gasteiger partial charge in [-0.1, -0.05) is 11.6 Å². The van der Waals surface area contributed by atoms with E-state index >= 15 is 0 Å². The third kappa shape index (κ3) is 6.05. The fraction of sp³-hybridized carbons (Fsp3) is 0.0417. The van der Waals surface area contributed by atoms with Gasteiger partial charge in [-0.15, -0.1) is 0 Å². The molecule has 4 rings (SSSR count). The molecule has 190 valence electrons. The second-order valence-electron chi connectivity index (χ2n) is 7.63. The Balaban J connectivity index is 1.43. The number of anilines is 3. The monoisotopic (exact) mass is 557 g/mol. The number of benzene rings is 3. The molecule has 0 aliphatic rings. The summed E-state index contributed by atoms with van der Waals surface area (Å²) in [7, 11) is -6.31. The van der Waals surface area contributed by atoms with E-state index in [1.807, 2.05) is 0 Å². The molecule has 0 saturated carbocycles. The van der Waals surface area contributed by atoms with E-state index in [9.17, 15) is 21.6 Å². The minimum Gasteiger partial charge on any atom is -0.322 e. The summed E-state index contributed by atoms with van der Waals surface area (Å²) in [6.07, 6.45) is 2.82. The lowest BCUT2D eigenvalue weighted by Gasteiger charge is -2.20. The van der Waals surface area contributed by atoms with Crippen molar-refractivity contribution in [3.63, 3.8) is 0 Å². The van der Waals surface area contributed by atoms with Crippen LogP contribution in [0.25, 0.3) is 0 Å². The summed E-state index contributed by atoms with van der Waals surface area (Å²) in [6, 6.07) is 18.9. The topological polar surface area (TPSA) is 138 Å². The predicted molar refractivity (Wildman–Crippen MR) is 141 cm³/mol. The first kappa shape index (κ1) is 26.1. The summed E-state index contributed by atoms with van der Waals surface area (Å²) < 4.78 is 54.1. The Bertz CT molecular complexity index is 1610. The third-order valence-electron chi connectivity index (χ3n) is 5.18. The fourth-order valence-electron chi connectivity index (χ4n) is 3.18. The molecule has 0 fully saturated rings. The molecule has 0 radical (unpaired) electrons. The maximum absolute atomic E-state index is 12.9. The van der Waals surface area contributed by atoms with E-state index in [2.05, 4.69) is 20.0 Å². The van der Waals surface area contributed by atoms with Gasteiger partial charge in [0.2, 0.25) is 5.95 Å². The number of nitrogens with zero attached hydrogens (tertiary/aromatic N) is 3. The molecule has 37 heavy (non-hydrogen) atoms. The smallest absolute Gasteiger partial charge is 0.264 e. The maximum Gasteiger partial charge on any atom is 0.264 e. The van der Waals surface area contributed by atoms with Crippen molar-refractivity contribution in [2.75, 3.05) is 21.4 Å². The Morgan fingerprint density at radius 1 is 0.811 bits per heavy atom. The van der Waals surface area contributed by atoms with Crippen LogP contribution in [-0.2, 0) is 20.0 Å². The number of rotatable bonds is 8. The maximum atomic E-state index is 12.9. The van der Waals surface area contributed by atoms with Crippen molar-refractivity contribution in [3.05, 3.63) is 102 Å². The number of carbonyl (C=O) groups is 1. The zero-order valence-corrected chi connectivity index (χ0v) is 21.6. The van der Waals surface area contributed by atoms with Gasteiger partial charge in [-0.05, 0) is 78.9 Å². The molecule has 0 bridgehead atoms. The molecule has 0 spiro atoms. The van der Waals surface area contributed by atoms with Crippen molar-refractivity contribution in [3.8, 4) is 0 Å². The highest BCUT2D eigenvalue weighted by atomic mass is 35.5. The summed E-state index contributed by atoms with van der Waals surface area (Å²) in [4.78, 5) is 20.4. The standard InChI is InChI=1S/C24H20ClN5O5S2/c1-30(37(34,35)22-11-5-18(25)6-12-22)20-9-3-17(4-10-20)23(31)28-19-7-13-21(14-8-19)36(32,33)29-24-26-15-2-16-27-24/h2-16H,1H3,(H,28,31)(H,26,27,29). The normalized spacial score (nSPS) is 11.5. The molecule has 0 saturated heterocycles. The van der Waals surface area contributed by atoms with Crippen molar-refractivity contribution in [2.45, 2.75) is 9.79 Å².